The van der Waals surface area contributed by atoms with Crippen LogP contribution in [0.5, 0.6) is 0 Å². The first-order chi connectivity index (χ1) is 6.75. The molecular weight excluding hydrogens is 172 g/mol. The zero-order valence-corrected chi connectivity index (χ0v) is 8.62. The molecule has 1 aliphatic rings. The number of aromatic nitrogens is 2. The number of aryl methyl sites for hydroxylation is 1. The molecule has 0 fully saturated rings. The Morgan fingerprint density at radius 1 is 1.00 bits per heavy atom. The number of rotatable bonds is 1. The quantitative estimate of drug-likeness (QED) is 0.674. The minimum absolute atomic E-state index is 0.969. The molecular formula is C12H14N2. The SMILES string of the molecule is CC1=CC=C(c2cnc(C)cn2)CC1. The molecule has 0 amide bonds. The Kier molecular flexibility index (Phi) is 2.44. The molecule has 2 rings (SSSR count). The van der Waals surface area contributed by atoms with Crippen molar-refractivity contribution < 1.29 is 0 Å². The summed E-state index contributed by atoms with van der Waals surface area (Å²) < 4.78 is 0. The van der Waals surface area contributed by atoms with E-state index in [4.69, 9.17) is 0 Å². The highest BCUT2D eigenvalue weighted by Gasteiger charge is 2.06. The van der Waals surface area contributed by atoms with Gasteiger partial charge in [-0.3, -0.25) is 9.97 Å². The Balaban J connectivity index is 2.28. The molecule has 0 saturated carbocycles. The zero-order chi connectivity index (χ0) is 9.97. The van der Waals surface area contributed by atoms with Crippen molar-refractivity contribution in [1.82, 2.24) is 9.97 Å². The van der Waals surface area contributed by atoms with Gasteiger partial charge in [-0.2, -0.15) is 0 Å². The van der Waals surface area contributed by atoms with Gasteiger partial charge in [0.2, 0.25) is 0 Å². The van der Waals surface area contributed by atoms with Crippen LogP contribution in [0.15, 0.2) is 30.1 Å². The lowest BCUT2D eigenvalue weighted by molar-refractivity contribution is 0.960. The minimum atomic E-state index is 0.969. The van der Waals surface area contributed by atoms with Crippen LogP contribution in [-0.4, -0.2) is 9.97 Å². The number of hydrogen-bond donors (Lipinski definition) is 0. The first-order valence-electron chi connectivity index (χ1n) is 4.91. The van der Waals surface area contributed by atoms with Crippen molar-refractivity contribution >= 4 is 5.57 Å². The van der Waals surface area contributed by atoms with Crippen LogP contribution in [0.3, 0.4) is 0 Å². The first-order valence-corrected chi connectivity index (χ1v) is 4.91. The van der Waals surface area contributed by atoms with E-state index in [0.717, 1.165) is 24.2 Å². The molecule has 0 aliphatic heterocycles. The van der Waals surface area contributed by atoms with Crippen molar-refractivity contribution in [3.8, 4) is 0 Å². The second kappa shape index (κ2) is 3.74. The molecule has 1 heterocycles. The molecule has 0 aromatic carbocycles. The molecule has 72 valence electrons. The van der Waals surface area contributed by atoms with E-state index in [2.05, 4.69) is 29.0 Å². The maximum absolute atomic E-state index is 4.37. The summed E-state index contributed by atoms with van der Waals surface area (Å²) in [5.74, 6) is 0. The third-order valence-corrected chi connectivity index (χ3v) is 2.47. The van der Waals surface area contributed by atoms with Crippen LogP contribution in [0.25, 0.3) is 5.57 Å². The fraction of sp³-hybridized carbons (Fsp3) is 0.333. The van der Waals surface area contributed by atoms with Crippen LogP contribution in [-0.2, 0) is 0 Å². The van der Waals surface area contributed by atoms with Crippen molar-refractivity contribution in [2.24, 2.45) is 0 Å². The summed E-state index contributed by atoms with van der Waals surface area (Å²) in [4.78, 5) is 8.62. The molecule has 0 bridgehead atoms. The smallest absolute Gasteiger partial charge is 0.0845 e. The van der Waals surface area contributed by atoms with E-state index in [1.165, 1.54) is 11.1 Å². The van der Waals surface area contributed by atoms with E-state index < -0.39 is 0 Å². The van der Waals surface area contributed by atoms with E-state index in [1.54, 1.807) is 0 Å². The van der Waals surface area contributed by atoms with Gasteiger partial charge in [0.05, 0.1) is 17.6 Å². The highest BCUT2D eigenvalue weighted by Crippen LogP contribution is 2.24. The van der Waals surface area contributed by atoms with Gasteiger partial charge < -0.3 is 0 Å². The fourth-order valence-electron chi connectivity index (χ4n) is 1.51. The number of allylic oxidation sites excluding steroid dienone is 4. The third-order valence-electron chi connectivity index (χ3n) is 2.47. The average molecular weight is 186 g/mol. The van der Waals surface area contributed by atoms with E-state index in [9.17, 15) is 0 Å². The second-order valence-electron chi connectivity index (χ2n) is 3.75. The predicted octanol–water partition coefficient (Wildman–Crippen LogP) is 2.91. The summed E-state index contributed by atoms with van der Waals surface area (Å²) >= 11 is 0. The van der Waals surface area contributed by atoms with Gasteiger partial charge in [-0.1, -0.05) is 17.7 Å². The van der Waals surface area contributed by atoms with E-state index >= 15 is 0 Å². The van der Waals surface area contributed by atoms with E-state index in [0.29, 0.717) is 0 Å². The summed E-state index contributed by atoms with van der Waals surface area (Å²) in [6.45, 7) is 4.12. The van der Waals surface area contributed by atoms with Gasteiger partial charge in [0, 0.05) is 6.20 Å². The summed E-state index contributed by atoms with van der Waals surface area (Å²) in [5, 5.41) is 0. The van der Waals surface area contributed by atoms with E-state index in [1.807, 2.05) is 19.3 Å². The third kappa shape index (κ3) is 1.90. The van der Waals surface area contributed by atoms with Gasteiger partial charge in [-0.25, -0.2) is 0 Å². The lowest BCUT2D eigenvalue weighted by Crippen LogP contribution is -1.95. The van der Waals surface area contributed by atoms with Crippen molar-refractivity contribution in [2.45, 2.75) is 26.7 Å². The van der Waals surface area contributed by atoms with Crippen LogP contribution in [0, 0.1) is 6.92 Å². The molecule has 1 aliphatic carbocycles. The van der Waals surface area contributed by atoms with Crippen molar-refractivity contribution in [1.29, 1.82) is 0 Å². The standard InChI is InChI=1S/C12H14N2/c1-9-3-5-11(6-4-9)12-8-13-10(2)7-14-12/h3,5,7-8H,4,6H2,1-2H3. The fourth-order valence-corrected chi connectivity index (χ4v) is 1.51. The Bertz CT molecular complexity index is 385. The Labute approximate surface area is 84.4 Å². The van der Waals surface area contributed by atoms with Gasteiger partial charge in [0.25, 0.3) is 0 Å². The molecule has 0 saturated heterocycles. The Hall–Kier alpha value is -1.44. The molecule has 0 radical (unpaired) electrons. The van der Waals surface area contributed by atoms with Crippen LogP contribution in [0.4, 0.5) is 0 Å². The monoisotopic (exact) mass is 186 g/mol. The molecule has 0 N–H and O–H groups in total. The van der Waals surface area contributed by atoms with Crippen molar-refractivity contribution in [2.75, 3.05) is 0 Å². The molecule has 2 heteroatoms. The summed E-state index contributed by atoms with van der Waals surface area (Å²) in [6, 6.07) is 0. The zero-order valence-electron chi connectivity index (χ0n) is 8.62. The van der Waals surface area contributed by atoms with Gasteiger partial charge >= 0.3 is 0 Å². The van der Waals surface area contributed by atoms with Crippen molar-refractivity contribution in [3.05, 3.63) is 41.5 Å². The van der Waals surface area contributed by atoms with E-state index in [-0.39, 0.29) is 0 Å². The normalized spacial score (nSPS) is 16.1. The average Bonchev–Trinajstić information content (AvgIpc) is 2.21. The minimum Gasteiger partial charge on any atom is -0.258 e. The Morgan fingerprint density at radius 2 is 1.86 bits per heavy atom. The topological polar surface area (TPSA) is 25.8 Å². The van der Waals surface area contributed by atoms with Crippen LogP contribution >= 0.6 is 0 Å². The summed E-state index contributed by atoms with van der Waals surface area (Å²) in [6.07, 6.45) is 10.2. The number of nitrogens with zero attached hydrogens (tertiary/aromatic N) is 2. The lowest BCUT2D eigenvalue weighted by Gasteiger charge is -2.10. The molecule has 14 heavy (non-hydrogen) atoms. The number of hydrogen-bond acceptors (Lipinski definition) is 2. The molecule has 0 spiro atoms. The summed E-state index contributed by atoms with van der Waals surface area (Å²) in [7, 11) is 0. The van der Waals surface area contributed by atoms with Gasteiger partial charge in [0.15, 0.2) is 0 Å². The molecule has 0 unspecified atom stereocenters. The summed E-state index contributed by atoms with van der Waals surface area (Å²) in [5.41, 5.74) is 4.72. The molecule has 2 nitrogen and oxygen atoms in total. The maximum Gasteiger partial charge on any atom is 0.0845 e. The molecule has 1 aromatic rings. The predicted molar refractivity (Wildman–Crippen MR) is 57.7 cm³/mol. The highest BCUT2D eigenvalue weighted by atomic mass is 14.8. The van der Waals surface area contributed by atoms with Crippen molar-refractivity contribution in [3.63, 3.8) is 0 Å². The first kappa shape index (κ1) is 9.13. The Morgan fingerprint density at radius 3 is 2.43 bits per heavy atom. The second-order valence-corrected chi connectivity index (χ2v) is 3.75. The largest absolute Gasteiger partial charge is 0.258 e. The molecule has 1 aromatic heterocycles. The van der Waals surface area contributed by atoms with Crippen LogP contribution in [0.1, 0.15) is 31.2 Å². The van der Waals surface area contributed by atoms with Gasteiger partial charge in [-0.15, -0.1) is 0 Å². The van der Waals surface area contributed by atoms with Gasteiger partial charge in [0.1, 0.15) is 0 Å². The highest BCUT2D eigenvalue weighted by molar-refractivity contribution is 5.65. The van der Waals surface area contributed by atoms with Gasteiger partial charge in [-0.05, 0) is 32.3 Å². The lowest BCUT2D eigenvalue weighted by atomic mass is 9.97. The van der Waals surface area contributed by atoms with Crippen LogP contribution in [0.2, 0.25) is 0 Å². The molecule has 0 atom stereocenters. The van der Waals surface area contributed by atoms with Crippen LogP contribution < -0.4 is 0 Å². The maximum atomic E-state index is 4.37.